The molecule has 21 heavy (non-hydrogen) atoms. The first-order valence-electron chi connectivity index (χ1n) is 5.82. The van der Waals surface area contributed by atoms with Gasteiger partial charge in [0.15, 0.2) is 7.85 Å². The largest absolute Gasteiger partial charge is 0.417 e. The van der Waals surface area contributed by atoms with Gasteiger partial charge in [0.2, 0.25) is 0 Å². The minimum Gasteiger partial charge on any atom is -0.279 e. The van der Waals surface area contributed by atoms with Crippen molar-refractivity contribution in [2.24, 2.45) is 0 Å². The molecule has 9 heteroatoms. The maximum atomic E-state index is 12.6. The van der Waals surface area contributed by atoms with Crippen LogP contribution in [0.25, 0.3) is 0 Å². The van der Waals surface area contributed by atoms with Gasteiger partial charge in [0.1, 0.15) is 0 Å². The first-order chi connectivity index (χ1) is 9.70. The molecule has 0 saturated carbocycles. The van der Waals surface area contributed by atoms with Gasteiger partial charge in [0, 0.05) is 11.8 Å². The molecular weight excluding hydrogens is 304 g/mol. The van der Waals surface area contributed by atoms with Crippen molar-refractivity contribution in [3.8, 4) is 0 Å². The number of nitrogens with zero attached hydrogens (tertiary/aromatic N) is 1. The average molecular weight is 314 g/mol. The van der Waals surface area contributed by atoms with Crippen molar-refractivity contribution in [3.63, 3.8) is 0 Å². The lowest BCUT2D eigenvalue weighted by atomic mass is 10.0. The van der Waals surface area contributed by atoms with Crippen molar-refractivity contribution in [3.05, 3.63) is 48.2 Å². The third-order valence-corrected chi connectivity index (χ3v) is 4.09. The minimum absolute atomic E-state index is 0.0400. The summed E-state index contributed by atoms with van der Waals surface area (Å²) >= 11 is 0. The molecule has 2 rings (SSSR count). The van der Waals surface area contributed by atoms with Gasteiger partial charge in [-0.15, -0.1) is 0 Å². The fourth-order valence-electron chi connectivity index (χ4n) is 1.59. The molecule has 0 unspecified atom stereocenters. The molecule has 1 aromatic heterocycles. The van der Waals surface area contributed by atoms with E-state index in [2.05, 4.69) is 9.71 Å². The van der Waals surface area contributed by atoms with Gasteiger partial charge in [0.05, 0.1) is 16.1 Å². The lowest BCUT2D eigenvalue weighted by molar-refractivity contribution is -0.137. The van der Waals surface area contributed by atoms with E-state index in [0.717, 1.165) is 6.07 Å². The summed E-state index contributed by atoms with van der Waals surface area (Å²) in [6, 6.07) is 8.09. The molecule has 1 N–H and O–H groups in total. The molecule has 0 aliphatic carbocycles. The van der Waals surface area contributed by atoms with Gasteiger partial charge in [-0.05, 0) is 18.2 Å². The van der Waals surface area contributed by atoms with Crippen LogP contribution in [0.1, 0.15) is 5.56 Å². The van der Waals surface area contributed by atoms with Crippen molar-refractivity contribution in [2.75, 3.05) is 4.72 Å². The lowest BCUT2D eigenvalue weighted by Crippen LogP contribution is -2.22. The molecule has 0 atom stereocenters. The topological polar surface area (TPSA) is 59.1 Å². The first kappa shape index (κ1) is 15.4. The molecule has 1 heterocycles. The predicted octanol–water partition coefficient (Wildman–Crippen LogP) is 1.16. The molecule has 110 valence electrons. The summed E-state index contributed by atoms with van der Waals surface area (Å²) in [4.78, 5) is 3.54. The van der Waals surface area contributed by atoms with E-state index >= 15 is 0 Å². The van der Waals surface area contributed by atoms with E-state index in [1.54, 1.807) is 6.07 Å². The van der Waals surface area contributed by atoms with Crippen LogP contribution in [0.2, 0.25) is 0 Å². The summed E-state index contributed by atoms with van der Waals surface area (Å²) in [5.41, 5.74) is -1.06. The fraction of sp³-hybridized carbons (Fsp3) is 0.0833. The molecule has 0 fully saturated rings. The maximum Gasteiger partial charge on any atom is 0.417 e. The highest BCUT2D eigenvalue weighted by atomic mass is 32.2. The van der Waals surface area contributed by atoms with Crippen LogP contribution in [0.5, 0.6) is 0 Å². The Morgan fingerprint density at radius 2 is 1.76 bits per heavy atom. The zero-order valence-corrected chi connectivity index (χ0v) is 11.7. The lowest BCUT2D eigenvalue weighted by Gasteiger charge is -2.13. The molecule has 4 nitrogen and oxygen atoms in total. The number of hydrogen-bond donors (Lipinski definition) is 1. The molecule has 2 aromatic rings. The molecule has 0 spiro atoms. The van der Waals surface area contributed by atoms with Crippen LogP contribution in [0.4, 0.5) is 18.9 Å². The number of rotatable bonds is 3. The maximum absolute atomic E-state index is 12.6. The predicted molar refractivity (Wildman–Crippen MR) is 74.7 cm³/mol. The second-order valence-corrected chi connectivity index (χ2v) is 5.96. The van der Waals surface area contributed by atoms with Gasteiger partial charge >= 0.3 is 6.18 Å². The van der Waals surface area contributed by atoms with Crippen molar-refractivity contribution >= 4 is 29.2 Å². The fourth-order valence-corrected chi connectivity index (χ4v) is 2.72. The summed E-state index contributed by atoms with van der Waals surface area (Å²) in [6.45, 7) is 0. The van der Waals surface area contributed by atoms with Gasteiger partial charge < -0.3 is 0 Å². The first-order valence-corrected chi connectivity index (χ1v) is 7.30. The number of anilines is 1. The number of halogens is 3. The third kappa shape index (κ3) is 3.54. The van der Waals surface area contributed by atoms with Crippen LogP contribution in [0.3, 0.4) is 0 Å². The van der Waals surface area contributed by atoms with Gasteiger partial charge in [-0.1, -0.05) is 18.2 Å². The van der Waals surface area contributed by atoms with E-state index in [4.69, 9.17) is 0 Å². The molecule has 0 aliphatic rings. The summed E-state index contributed by atoms with van der Waals surface area (Å²) in [5, 5.41) is 0. The molecule has 0 saturated heterocycles. The van der Waals surface area contributed by atoms with Crippen LogP contribution >= 0.6 is 0 Å². The SMILES string of the molecule is Bc1ncc(C(F)(F)F)cc1NS(=O)(=O)c1ccccc1. The molecule has 0 bridgehead atoms. The van der Waals surface area contributed by atoms with E-state index in [-0.39, 0.29) is 16.2 Å². The van der Waals surface area contributed by atoms with Gasteiger partial charge in [-0.25, -0.2) is 8.42 Å². The Hall–Kier alpha value is -2.03. The third-order valence-electron chi connectivity index (χ3n) is 2.71. The van der Waals surface area contributed by atoms with Crippen molar-refractivity contribution in [2.45, 2.75) is 11.1 Å². The van der Waals surface area contributed by atoms with E-state index in [1.807, 2.05) is 0 Å². The number of hydrogen-bond acceptors (Lipinski definition) is 3. The van der Waals surface area contributed by atoms with Crippen LogP contribution in [0, 0.1) is 0 Å². The van der Waals surface area contributed by atoms with Crippen LogP contribution in [0.15, 0.2) is 47.5 Å². The van der Waals surface area contributed by atoms with Gasteiger partial charge in [-0.3, -0.25) is 9.71 Å². The average Bonchev–Trinajstić information content (AvgIpc) is 2.41. The summed E-state index contributed by atoms with van der Waals surface area (Å²) in [6.07, 6.45) is -3.93. The standard InChI is InChI=1S/C12H10BF3N2O2S/c13-11-10(6-8(7-17-11)12(14,15)16)18-21(19,20)9-4-2-1-3-5-9/h1-7,18H,13H2. The monoisotopic (exact) mass is 314 g/mol. The number of pyridine rings is 1. The Morgan fingerprint density at radius 1 is 1.14 bits per heavy atom. The molecule has 1 aromatic carbocycles. The second kappa shape index (κ2) is 5.40. The quantitative estimate of drug-likeness (QED) is 0.865. The van der Waals surface area contributed by atoms with Crippen molar-refractivity contribution in [1.29, 1.82) is 0 Å². The summed E-state index contributed by atoms with van der Waals surface area (Å²) in [7, 11) is -2.54. The highest BCUT2D eigenvalue weighted by Crippen LogP contribution is 2.29. The molecule has 0 amide bonds. The Labute approximate surface area is 120 Å². The molecule has 0 aliphatic heterocycles. The molecular formula is C12H10BF3N2O2S. The number of benzene rings is 1. The summed E-state index contributed by atoms with van der Waals surface area (Å²) in [5.74, 6) is 0. The smallest absolute Gasteiger partial charge is 0.279 e. The zero-order chi connectivity index (χ0) is 15.7. The van der Waals surface area contributed by atoms with E-state index < -0.39 is 21.8 Å². The van der Waals surface area contributed by atoms with E-state index in [9.17, 15) is 21.6 Å². The van der Waals surface area contributed by atoms with E-state index in [1.165, 1.54) is 32.1 Å². The van der Waals surface area contributed by atoms with Crippen molar-refractivity contribution in [1.82, 2.24) is 4.98 Å². The summed E-state index contributed by atoms with van der Waals surface area (Å²) < 4.78 is 64.2. The number of alkyl halides is 3. The van der Waals surface area contributed by atoms with Crippen LogP contribution in [-0.4, -0.2) is 21.2 Å². The Morgan fingerprint density at radius 3 is 2.33 bits per heavy atom. The highest BCUT2D eigenvalue weighted by Gasteiger charge is 2.31. The Bertz CT molecular complexity index is 749. The number of nitrogens with one attached hydrogen (secondary N) is 1. The minimum atomic E-state index is -4.59. The van der Waals surface area contributed by atoms with Crippen molar-refractivity contribution < 1.29 is 21.6 Å². The van der Waals surface area contributed by atoms with Crippen LogP contribution in [-0.2, 0) is 16.2 Å². The van der Waals surface area contributed by atoms with Crippen LogP contribution < -0.4 is 10.3 Å². The second-order valence-electron chi connectivity index (χ2n) is 4.27. The van der Waals surface area contributed by atoms with Gasteiger partial charge in [-0.2, -0.15) is 13.2 Å². The highest BCUT2D eigenvalue weighted by molar-refractivity contribution is 7.92. The van der Waals surface area contributed by atoms with E-state index in [0.29, 0.717) is 6.20 Å². The van der Waals surface area contributed by atoms with Gasteiger partial charge in [0.25, 0.3) is 10.0 Å². The molecule has 0 radical (unpaired) electrons. The number of sulfonamides is 1. The zero-order valence-electron chi connectivity index (χ0n) is 10.8. The number of aromatic nitrogens is 1. The Balaban J connectivity index is 2.40. The Kier molecular flexibility index (Phi) is 3.95. The normalized spacial score (nSPS) is 12.1.